The molecule has 8 nitrogen and oxygen atoms in total. The fourth-order valence-electron chi connectivity index (χ4n) is 4.30. The number of hydrogen-bond donors (Lipinski definition) is 4. The number of ether oxygens (including phenoxy) is 2. The minimum atomic E-state index is -1.13. The van der Waals surface area contributed by atoms with Crippen molar-refractivity contribution in [3.8, 4) is 0 Å². The van der Waals surface area contributed by atoms with Crippen molar-refractivity contribution in [2.45, 2.75) is 31.4 Å². The maximum Gasteiger partial charge on any atom is 0.404 e. The van der Waals surface area contributed by atoms with Crippen LogP contribution in [0.25, 0.3) is 0 Å². The van der Waals surface area contributed by atoms with Crippen LogP contribution >= 0.6 is 23.2 Å². The highest BCUT2D eigenvalue weighted by molar-refractivity contribution is 6.31. The first-order valence-electron chi connectivity index (χ1n) is 12.0. The smallest absolute Gasteiger partial charge is 0.404 e. The number of hydrogen-bond acceptors (Lipinski definition) is 5. The van der Waals surface area contributed by atoms with E-state index < -0.39 is 12.2 Å². The summed E-state index contributed by atoms with van der Waals surface area (Å²) in [6.45, 7) is 2.29. The molecule has 3 rings (SSSR count). The van der Waals surface area contributed by atoms with Crippen LogP contribution in [0.2, 0.25) is 10.0 Å². The van der Waals surface area contributed by atoms with Gasteiger partial charge in [0.25, 0.3) is 5.91 Å². The van der Waals surface area contributed by atoms with Crippen molar-refractivity contribution in [3.63, 3.8) is 0 Å². The number of rotatable bonds is 12. The molecule has 1 saturated heterocycles. The standard InChI is InChI=1S/C26H33Cl2N3O5/c1-29-23(10-17-4-3-8-35-16-17)15-31-25(32)20-11-19(13-22(28)14-20)24(36-9-7-30-26(33)34)18-5-2-6-21(27)12-18/h2,5-6,11-14,17,23-24,29-30H,3-4,7-10,15-16H2,1H3,(H,31,32)(H,33,34). The van der Waals surface area contributed by atoms with E-state index in [1.165, 1.54) is 0 Å². The number of likely N-dealkylation sites (N-methyl/N-ethyl adjacent to an activating group) is 1. The van der Waals surface area contributed by atoms with Gasteiger partial charge in [0.05, 0.1) is 6.61 Å². The molecule has 36 heavy (non-hydrogen) atoms. The summed E-state index contributed by atoms with van der Waals surface area (Å²) in [6, 6.07) is 12.4. The third-order valence-electron chi connectivity index (χ3n) is 6.09. The molecule has 0 saturated carbocycles. The summed E-state index contributed by atoms with van der Waals surface area (Å²) in [5, 5.41) is 18.3. The van der Waals surface area contributed by atoms with Crippen molar-refractivity contribution >= 4 is 35.2 Å². The third-order valence-corrected chi connectivity index (χ3v) is 6.54. The predicted octanol–water partition coefficient (Wildman–Crippen LogP) is 4.50. The lowest BCUT2D eigenvalue weighted by atomic mass is 9.94. The zero-order chi connectivity index (χ0) is 25.9. The summed E-state index contributed by atoms with van der Waals surface area (Å²) in [7, 11) is 1.89. The molecule has 0 spiro atoms. The van der Waals surface area contributed by atoms with E-state index in [0.29, 0.717) is 33.6 Å². The molecule has 196 valence electrons. The van der Waals surface area contributed by atoms with Gasteiger partial charge in [-0.3, -0.25) is 4.79 Å². The quantitative estimate of drug-likeness (QED) is 0.297. The lowest BCUT2D eigenvalue weighted by Crippen LogP contribution is -2.41. The first-order valence-corrected chi connectivity index (χ1v) is 12.8. The number of benzene rings is 2. The van der Waals surface area contributed by atoms with Gasteiger partial charge in [0.15, 0.2) is 0 Å². The molecule has 0 aromatic heterocycles. The first-order chi connectivity index (χ1) is 17.4. The average molecular weight is 538 g/mol. The van der Waals surface area contributed by atoms with Crippen molar-refractivity contribution in [1.29, 1.82) is 0 Å². The van der Waals surface area contributed by atoms with Gasteiger partial charge in [0.1, 0.15) is 6.10 Å². The second-order valence-electron chi connectivity index (χ2n) is 8.83. The van der Waals surface area contributed by atoms with Crippen molar-refractivity contribution in [1.82, 2.24) is 16.0 Å². The lowest BCUT2D eigenvalue weighted by Gasteiger charge is -2.26. The Labute approximate surface area is 221 Å². The number of amides is 2. The Hall–Kier alpha value is -2.36. The van der Waals surface area contributed by atoms with Gasteiger partial charge < -0.3 is 30.5 Å². The molecule has 3 unspecified atom stereocenters. The monoisotopic (exact) mass is 537 g/mol. The molecular weight excluding hydrogens is 505 g/mol. The Morgan fingerprint density at radius 1 is 1.14 bits per heavy atom. The molecule has 0 radical (unpaired) electrons. The van der Waals surface area contributed by atoms with E-state index in [1.807, 2.05) is 13.1 Å². The molecule has 2 aromatic carbocycles. The molecule has 1 aliphatic rings. The molecule has 0 bridgehead atoms. The van der Waals surface area contributed by atoms with Gasteiger partial charge in [-0.05, 0) is 73.7 Å². The zero-order valence-electron chi connectivity index (χ0n) is 20.3. The van der Waals surface area contributed by atoms with E-state index >= 15 is 0 Å². The lowest BCUT2D eigenvalue weighted by molar-refractivity contribution is 0.0478. The summed E-state index contributed by atoms with van der Waals surface area (Å²) >= 11 is 12.6. The number of carbonyl (C=O) groups is 2. The van der Waals surface area contributed by atoms with Gasteiger partial charge in [0, 0.05) is 48.0 Å². The Balaban J connectivity index is 1.72. The van der Waals surface area contributed by atoms with Crippen LogP contribution in [0.15, 0.2) is 42.5 Å². The fourth-order valence-corrected chi connectivity index (χ4v) is 4.74. The second-order valence-corrected chi connectivity index (χ2v) is 9.70. The number of carbonyl (C=O) groups excluding carboxylic acids is 1. The topological polar surface area (TPSA) is 109 Å². The van der Waals surface area contributed by atoms with Gasteiger partial charge >= 0.3 is 6.09 Å². The fraction of sp³-hybridized carbons (Fsp3) is 0.462. The van der Waals surface area contributed by atoms with E-state index in [-0.39, 0.29) is 25.1 Å². The predicted molar refractivity (Wildman–Crippen MR) is 140 cm³/mol. The summed E-state index contributed by atoms with van der Waals surface area (Å²) in [6.07, 6.45) is 1.40. The van der Waals surface area contributed by atoms with Crippen LogP contribution in [-0.2, 0) is 9.47 Å². The molecule has 2 amide bonds. The van der Waals surface area contributed by atoms with Crippen molar-refractivity contribution in [2.75, 3.05) is 40.0 Å². The molecule has 3 atom stereocenters. The Morgan fingerprint density at radius 2 is 1.94 bits per heavy atom. The van der Waals surface area contributed by atoms with Gasteiger partial charge in [-0.2, -0.15) is 0 Å². The minimum absolute atomic E-state index is 0.109. The first kappa shape index (κ1) is 28.2. The molecule has 0 aliphatic carbocycles. The zero-order valence-corrected chi connectivity index (χ0v) is 21.8. The van der Waals surface area contributed by atoms with Gasteiger partial charge in [0.2, 0.25) is 0 Å². The van der Waals surface area contributed by atoms with E-state index in [0.717, 1.165) is 38.0 Å². The SMILES string of the molecule is CNC(CNC(=O)c1cc(Cl)cc(C(OCCNC(=O)O)c2cccc(Cl)c2)c1)CC1CCCOC1. The summed E-state index contributed by atoms with van der Waals surface area (Å²) in [5.41, 5.74) is 1.83. The van der Waals surface area contributed by atoms with E-state index in [2.05, 4.69) is 16.0 Å². The molecular formula is C26H33Cl2N3O5. The van der Waals surface area contributed by atoms with Gasteiger partial charge in [-0.25, -0.2) is 4.79 Å². The van der Waals surface area contributed by atoms with Crippen molar-refractivity contribution < 1.29 is 24.2 Å². The summed E-state index contributed by atoms with van der Waals surface area (Å²) in [5.74, 6) is 0.244. The number of halogens is 2. The molecule has 1 fully saturated rings. The normalized spacial score (nSPS) is 17.2. The largest absolute Gasteiger partial charge is 0.465 e. The highest BCUT2D eigenvalue weighted by atomic mass is 35.5. The molecule has 2 aromatic rings. The Bertz CT molecular complexity index is 1020. The van der Waals surface area contributed by atoms with Crippen molar-refractivity contribution in [2.24, 2.45) is 5.92 Å². The molecule has 1 aliphatic heterocycles. The highest BCUT2D eigenvalue weighted by Crippen LogP contribution is 2.30. The summed E-state index contributed by atoms with van der Waals surface area (Å²) in [4.78, 5) is 23.8. The van der Waals surface area contributed by atoms with E-state index in [4.69, 9.17) is 37.8 Å². The average Bonchev–Trinajstić information content (AvgIpc) is 2.86. The molecule has 4 N–H and O–H groups in total. The molecule has 1 heterocycles. The Morgan fingerprint density at radius 3 is 2.64 bits per heavy atom. The van der Waals surface area contributed by atoms with Crippen LogP contribution in [0, 0.1) is 5.92 Å². The third kappa shape index (κ3) is 8.94. The Kier molecular flexibility index (Phi) is 11.3. The second kappa shape index (κ2) is 14.4. The minimum Gasteiger partial charge on any atom is -0.465 e. The van der Waals surface area contributed by atoms with E-state index in [9.17, 15) is 9.59 Å². The number of nitrogens with one attached hydrogen (secondary N) is 3. The van der Waals surface area contributed by atoms with Crippen LogP contribution in [0.5, 0.6) is 0 Å². The maximum atomic E-state index is 13.1. The van der Waals surface area contributed by atoms with Gasteiger partial charge in [-0.15, -0.1) is 0 Å². The van der Waals surface area contributed by atoms with Gasteiger partial charge in [-0.1, -0.05) is 35.3 Å². The summed E-state index contributed by atoms with van der Waals surface area (Å²) < 4.78 is 11.6. The van der Waals surface area contributed by atoms with Crippen LogP contribution in [0.3, 0.4) is 0 Å². The van der Waals surface area contributed by atoms with Crippen LogP contribution in [0.4, 0.5) is 4.79 Å². The van der Waals surface area contributed by atoms with Crippen LogP contribution in [-0.4, -0.2) is 63.1 Å². The highest BCUT2D eigenvalue weighted by Gasteiger charge is 2.21. The number of carboxylic acid groups (broad SMARTS) is 1. The van der Waals surface area contributed by atoms with Crippen LogP contribution < -0.4 is 16.0 Å². The van der Waals surface area contributed by atoms with Crippen LogP contribution in [0.1, 0.15) is 46.9 Å². The maximum absolute atomic E-state index is 13.1. The molecule has 10 heteroatoms. The van der Waals surface area contributed by atoms with Crippen molar-refractivity contribution in [3.05, 3.63) is 69.2 Å². The van der Waals surface area contributed by atoms with E-state index in [1.54, 1.807) is 36.4 Å².